The zero-order chi connectivity index (χ0) is 22.7. The van der Waals surface area contributed by atoms with E-state index >= 15 is 0 Å². The van der Waals surface area contributed by atoms with E-state index in [0.29, 0.717) is 32.5 Å². The molecule has 3 aliphatic heterocycles. The summed E-state index contributed by atoms with van der Waals surface area (Å²) in [6.07, 6.45) is 2.24. The van der Waals surface area contributed by atoms with Crippen LogP contribution in [-0.2, 0) is 31.6 Å². The van der Waals surface area contributed by atoms with Crippen molar-refractivity contribution in [2.75, 3.05) is 30.8 Å². The van der Waals surface area contributed by atoms with Gasteiger partial charge in [-0.3, -0.25) is 14.5 Å². The first kappa shape index (κ1) is 21.2. The van der Waals surface area contributed by atoms with Crippen molar-refractivity contribution in [2.24, 2.45) is 0 Å². The zero-order valence-electron chi connectivity index (χ0n) is 18.3. The summed E-state index contributed by atoms with van der Waals surface area (Å²) < 4.78 is 25.7. The molecular formula is C24H27N3O4S. The van der Waals surface area contributed by atoms with Gasteiger partial charge in [-0.05, 0) is 37.0 Å². The van der Waals surface area contributed by atoms with Crippen molar-refractivity contribution >= 4 is 27.5 Å². The number of fused-ring (bicyclic) bond motifs is 5. The van der Waals surface area contributed by atoms with E-state index in [1.165, 1.54) is 10.6 Å². The molecule has 2 fully saturated rings. The fraction of sp³-hybridized carbons (Fsp3) is 0.417. The number of benzene rings is 2. The Morgan fingerprint density at radius 1 is 1.03 bits per heavy atom. The van der Waals surface area contributed by atoms with Crippen molar-refractivity contribution in [1.29, 1.82) is 0 Å². The van der Waals surface area contributed by atoms with E-state index in [4.69, 9.17) is 0 Å². The van der Waals surface area contributed by atoms with Crippen LogP contribution in [0.25, 0.3) is 0 Å². The Kier molecular flexibility index (Phi) is 4.90. The Hall–Kier alpha value is -2.71. The van der Waals surface area contributed by atoms with E-state index in [1.807, 2.05) is 49.4 Å². The Bertz CT molecular complexity index is 1190. The third-order valence-electron chi connectivity index (χ3n) is 7.17. The molecule has 3 heterocycles. The maximum absolute atomic E-state index is 13.9. The first-order valence-corrected chi connectivity index (χ1v) is 12.8. The topological polar surface area (TPSA) is 78.0 Å². The molecule has 1 spiro atoms. The van der Waals surface area contributed by atoms with Crippen molar-refractivity contribution in [2.45, 2.75) is 37.8 Å². The molecule has 0 aromatic heterocycles. The Balaban J connectivity index is 1.56. The SMILES string of the molecule is Cc1ccc2c(c1)C1(CCN(S(C)(=O)=O)CC1)C1C(=O)N(Cc3ccccc3)CC(=O)N21. The van der Waals surface area contributed by atoms with Crippen LogP contribution in [0.3, 0.4) is 0 Å². The molecule has 2 aromatic rings. The Labute approximate surface area is 188 Å². The van der Waals surface area contributed by atoms with Gasteiger partial charge in [0.05, 0.1) is 6.26 Å². The summed E-state index contributed by atoms with van der Waals surface area (Å²) in [5, 5.41) is 0. The first-order chi connectivity index (χ1) is 15.2. The number of rotatable bonds is 3. The van der Waals surface area contributed by atoms with Crippen molar-refractivity contribution < 1.29 is 18.0 Å². The highest BCUT2D eigenvalue weighted by atomic mass is 32.2. The predicted molar refractivity (Wildman–Crippen MR) is 122 cm³/mol. The lowest BCUT2D eigenvalue weighted by molar-refractivity contribution is -0.144. The summed E-state index contributed by atoms with van der Waals surface area (Å²) in [5.74, 6) is -0.145. The molecule has 1 atom stereocenters. The van der Waals surface area contributed by atoms with E-state index in [0.717, 1.165) is 22.4 Å². The lowest BCUT2D eigenvalue weighted by atomic mass is 9.69. The highest BCUT2D eigenvalue weighted by Gasteiger charge is 2.60. The standard InChI is InChI=1S/C24H27N3O4S/c1-17-8-9-20-19(14-17)24(10-12-26(13-11-24)32(2,30)31)22-23(29)25(16-21(28)27(20)22)15-18-6-4-3-5-7-18/h3-9,14,22H,10-13,15-16H2,1-2H3. The quantitative estimate of drug-likeness (QED) is 0.713. The molecule has 0 saturated carbocycles. The molecule has 2 saturated heterocycles. The molecule has 0 radical (unpaired) electrons. The second-order valence-electron chi connectivity index (χ2n) is 9.18. The molecule has 168 valence electrons. The fourth-order valence-corrected chi connectivity index (χ4v) is 6.45. The van der Waals surface area contributed by atoms with Crippen LogP contribution in [0.5, 0.6) is 0 Å². The summed E-state index contributed by atoms with van der Waals surface area (Å²) in [4.78, 5) is 30.6. The number of nitrogens with zero attached hydrogens (tertiary/aromatic N) is 3. The van der Waals surface area contributed by atoms with Crippen molar-refractivity contribution in [1.82, 2.24) is 9.21 Å². The number of anilines is 1. The molecule has 1 unspecified atom stereocenters. The van der Waals surface area contributed by atoms with Crippen molar-refractivity contribution in [3.8, 4) is 0 Å². The number of hydrogen-bond acceptors (Lipinski definition) is 4. The van der Waals surface area contributed by atoms with Crippen LogP contribution in [0, 0.1) is 6.92 Å². The third kappa shape index (κ3) is 3.24. The molecule has 0 bridgehead atoms. The second kappa shape index (κ2) is 7.42. The van der Waals surface area contributed by atoms with E-state index in [-0.39, 0.29) is 18.4 Å². The van der Waals surface area contributed by atoms with Crippen LogP contribution in [0.2, 0.25) is 0 Å². The van der Waals surface area contributed by atoms with Crippen LogP contribution in [0.15, 0.2) is 48.5 Å². The molecular weight excluding hydrogens is 426 g/mol. The second-order valence-corrected chi connectivity index (χ2v) is 11.2. The molecule has 5 rings (SSSR count). The summed E-state index contributed by atoms with van der Waals surface area (Å²) >= 11 is 0. The summed E-state index contributed by atoms with van der Waals surface area (Å²) in [6, 6.07) is 15.0. The van der Waals surface area contributed by atoms with Gasteiger partial charge in [0.2, 0.25) is 21.8 Å². The van der Waals surface area contributed by atoms with Crippen LogP contribution in [0.4, 0.5) is 5.69 Å². The Morgan fingerprint density at radius 3 is 2.38 bits per heavy atom. The highest BCUT2D eigenvalue weighted by molar-refractivity contribution is 7.88. The molecule has 7 nitrogen and oxygen atoms in total. The monoisotopic (exact) mass is 453 g/mol. The van der Waals surface area contributed by atoms with Gasteiger partial charge in [-0.2, -0.15) is 0 Å². The number of carbonyl (C=O) groups excluding carboxylic acids is 2. The minimum atomic E-state index is -3.31. The summed E-state index contributed by atoms with van der Waals surface area (Å²) in [7, 11) is -3.31. The average Bonchev–Trinajstić information content (AvgIpc) is 3.02. The maximum atomic E-state index is 13.9. The molecule has 0 aliphatic carbocycles. The number of piperazine rings is 1. The van der Waals surface area contributed by atoms with Gasteiger partial charge in [-0.15, -0.1) is 0 Å². The number of amides is 2. The fourth-order valence-electron chi connectivity index (χ4n) is 5.60. The van der Waals surface area contributed by atoms with Crippen LogP contribution in [-0.4, -0.2) is 61.4 Å². The number of aryl methyl sites for hydroxylation is 1. The highest BCUT2D eigenvalue weighted by Crippen LogP contribution is 2.53. The van der Waals surface area contributed by atoms with Gasteiger partial charge < -0.3 is 4.90 Å². The molecule has 0 N–H and O–H groups in total. The Morgan fingerprint density at radius 2 is 1.72 bits per heavy atom. The zero-order valence-corrected chi connectivity index (χ0v) is 19.1. The first-order valence-electron chi connectivity index (χ1n) is 10.9. The molecule has 2 aromatic carbocycles. The van der Waals surface area contributed by atoms with Crippen LogP contribution >= 0.6 is 0 Å². The minimum absolute atomic E-state index is 0.0447. The average molecular weight is 454 g/mol. The lowest BCUT2D eigenvalue weighted by Crippen LogP contribution is -2.65. The minimum Gasteiger partial charge on any atom is -0.327 e. The van der Waals surface area contributed by atoms with Gasteiger partial charge in [0, 0.05) is 30.7 Å². The molecule has 32 heavy (non-hydrogen) atoms. The largest absolute Gasteiger partial charge is 0.327 e. The summed E-state index contributed by atoms with van der Waals surface area (Å²) in [5.41, 5.74) is 3.26. The normalized spacial score (nSPS) is 22.9. The predicted octanol–water partition coefficient (Wildman–Crippen LogP) is 2.05. The number of sulfonamides is 1. The van der Waals surface area contributed by atoms with Crippen molar-refractivity contribution in [3.63, 3.8) is 0 Å². The van der Waals surface area contributed by atoms with E-state index in [9.17, 15) is 18.0 Å². The molecule has 8 heteroatoms. The third-order valence-corrected chi connectivity index (χ3v) is 8.47. The smallest absolute Gasteiger partial charge is 0.247 e. The van der Waals surface area contributed by atoms with E-state index in [1.54, 1.807) is 9.80 Å². The van der Waals surface area contributed by atoms with Crippen LogP contribution < -0.4 is 4.90 Å². The summed E-state index contributed by atoms with van der Waals surface area (Å²) in [6.45, 7) is 3.12. The maximum Gasteiger partial charge on any atom is 0.247 e. The molecule has 2 amide bonds. The van der Waals surface area contributed by atoms with Crippen molar-refractivity contribution in [3.05, 3.63) is 65.2 Å². The van der Waals surface area contributed by atoms with Gasteiger partial charge in [0.25, 0.3) is 0 Å². The van der Waals surface area contributed by atoms with Gasteiger partial charge in [-0.1, -0.05) is 48.0 Å². The van der Waals surface area contributed by atoms with Gasteiger partial charge in [-0.25, -0.2) is 12.7 Å². The van der Waals surface area contributed by atoms with E-state index < -0.39 is 21.5 Å². The number of hydrogen-bond donors (Lipinski definition) is 0. The van der Waals surface area contributed by atoms with Gasteiger partial charge >= 0.3 is 0 Å². The van der Waals surface area contributed by atoms with Crippen LogP contribution in [0.1, 0.15) is 29.5 Å². The molecule has 3 aliphatic rings. The van der Waals surface area contributed by atoms with Gasteiger partial charge in [0.15, 0.2) is 0 Å². The number of carbonyl (C=O) groups is 2. The van der Waals surface area contributed by atoms with Gasteiger partial charge in [0.1, 0.15) is 12.6 Å². The number of piperidine rings is 1. The van der Waals surface area contributed by atoms with E-state index in [2.05, 4.69) is 6.07 Å². The lowest BCUT2D eigenvalue weighted by Gasteiger charge is -2.46.